The summed E-state index contributed by atoms with van der Waals surface area (Å²) in [5.41, 5.74) is 1.83. The third-order valence-electron chi connectivity index (χ3n) is 6.08. The van der Waals surface area contributed by atoms with E-state index >= 15 is 0 Å². The van der Waals surface area contributed by atoms with Gasteiger partial charge < -0.3 is 9.47 Å². The molecule has 2 aromatic carbocycles. The van der Waals surface area contributed by atoms with Crippen molar-refractivity contribution in [2.45, 2.75) is 26.6 Å². The van der Waals surface area contributed by atoms with Crippen LogP contribution in [0.2, 0.25) is 10.0 Å². The van der Waals surface area contributed by atoms with Crippen molar-refractivity contribution >= 4 is 40.3 Å². The van der Waals surface area contributed by atoms with E-state index in [1.807, 2.05) is 22.8 Å². The number of nitrogens with zero attached hydrogens (tertiary/aromatic N) is 5. The van der Waals surface area contributed by atoms with Gasteiger partial charge in [0.05, 0.1) is 6.54 Å². The van der Waals surface area contributed by atoms with Gasteiger partial charge in [-0.15, -0.1) is 0 Å². The van der Waals surface area contributed by atoms with Crippen LogP contribution in [0.3, 0.4) is 0 Å². The summed E-state index contributed by atoms with van der Waals surface area (Å²) in [4.78, 5) is 33.7. The number of hydrogen-bond acceptors (Lipinski definition) is 4. The number of fused-ring (bicyclic) bond motifs is 3. The van der Waals surface area contributed by atoms with E-state index in [1.165, 1.54) is 9.13 Å². The second kappa shape index (κ2) is 8.39. The van der Waals surface area contributed by atoms with E-state index in [1.54, 1.807) is 25.2 Å². The maximum Gasteiger partial charge on any atom is 0.332 e. The van der Waals surface area contributed by atoms with Gasteiger partial charge in [0.25, 0.3) is 5.56 Å². The Morgan fingerprint density at radius 3 is 2.52 bits per heavy atom. The molecular formula is C24H23Cl2N5O2. The van der Waals surface area contributed by atoms with Crippen molar-refractivity contribution in [2.75, 3.05) is 11.4 Å². The molecule has 2 aromatic heterocycles. The third-order valence-corrected chi connectivity index (χ3v) is 6.67. The van der Waals surface area contributed by atoms with Crippen LogP contribution >= 0.6 is 23.2 Å². The molecule has 0 fully saturated rings. The zero-order chi connectivity index (χ0) is 23.3. The number of aryl methyl sites for hydroxylation is 1. The number of aromatic nitrogens is 4. The van der Waals surface area contributed by atoms with Crippen LogP contribution in [0.1, 0.15) is 18.1 Å². The number of halogens is 2. The first-order chi connectivity index (χ1) is 15.8. The average molecular weight is 484 g/mol. The highest BCUT2D eigenvalue weighted by Crippen LogP contribution is 2.28. The van der Waals surface area contributed by atoms with Gasteiger partial charge in [-0.25, -0.2) is 4.79 Å². The van der Waals surface area contributed by atoms with Crippen molar-refractivity contribution in [1.29, 1.82) is 0 Å². The van der Waals surface area contributed by atoms with E-state index in [-0.39, 0.29) is 12.1 Å². The standard InChI is InChI=1S/C24H23Cl2N5O2/c1-15-11-29(13-16-6-4-3-5-7-16)23-27-21-20(30(23)12-15)22(32)31(24(33)28(21)2)14-17-8-9-18(25)10-19(17)26/h3-10,15H,11-14H2,1-2H3. The van der Waals surface area contributed by atoms with Crippen molar-refractivity contribution in [3.8, 4) is 0 Å². The number of imidazole rings is 1. The van der Waals surface area contributed by atoms with Crippen molar-refractivity contribution in [3.63, 3.8) is 0 Å². The maximum absolute atomic E-state index is 13.6. The van der Waals surface area contributed by atoms with Crippen molar-refractivity contribution in [3.05, 3.63) is 90.5 Å². The van der Waals surface area contributed by atoms with Crippen LogP contribution < -0.4 is 16.1 Å². The molecule has 170 valence electrons. The van der Waals surface area contributed by atoms with Gasteiger partial charge in [0.2, 0.25) is 5.95 Å². The zero-order valence-corrected chi connectivity index (χ0v) is 19.8. The van der Waals surface area contributed by atoms with Crippen molar-refractivity contribution in [1.82, 2.24) is 18.7 Å². The summed E-state index contributed by atoms with van der Waals surface area (Å²) in [7, 11) is 1.65. The third kappa shape index (κ3) is 3.85. The number of rotatable bonds is 4. The normalized spacial score (nSPS) is 15.8. The number of anilines is 1. The molecule has 5 rings (SSSR count). The monoisotopic (exact) mass is 483 g/mol. The van der Waals surface area contributed by atoms with Crippen LogP contribution in [0.25, 0.3) is 11.2 Å². The average Bonchev–Trinajstić information content (AvgIpc) is 3.17. The van der Waals surface area contributed by atoms with E-state index in [0.717, 1.165) is 12.1 Å². The molecule has 3 heterocycles. The molecule has 0 amide bonds. The number of hydrogen-bond donors (Lipinski definition) is 0. The van der Waals surface area contributed by atoms with Crippen LogP contribution in [0, 0.1) is 5.92 Å². The predicted molar refractivity (Wildman–Crippen MR) is 131 cm³/mol. The Balaban J connectivity index is 1.66. The minimum atomic E-state index is -0.434. The molecule has 1 aliphatic rings. The summed E-state index contributed by atoms with van der Waals surface area (Å²) in [6.45, 7) is 4.37. The Hall–Kier alpha value is -3.03. The Kier molecular flexibility index (Phi) is 5.54. The van der Waals surface area contributed by atoms with Gasteiger partial charge in [-0.1, -0.05) is 66.5 Å². The van der Waals surface area contributed by atoms with E-state index in [9.17, 15) is 9.59 Å². The van der Waals surface area contributed by atoms with Crippen LogP contribution in [-0.2, 0) is 26.7 Å². The number of benzene rings is 2. The molecule has 0 spiro atoms. The quantitative estimate of drug-likeness (QED) is 0.441. The van der Waals surface area contributed by atoms with Crippen molar-refractivity contribution < 1.29 is 0 Å². The summed E-state index contributed by atoms with van der Waals surface area (Å²) in [6.07, 6.45) is 0. The molecule has 33 heavy (non-hydrogen) atoms. The Morgan fingerprint density at radius 2 is 1.79 bits per heavy atom. The van der Waals surface area contributed by atoms with Crippen LogP contribution in [-0.4, -0.2) is 25.2 Å². The molecule has 1 aliphatic heterocycles. The molecule has 1 atom stereocenters. The highest BCUT2D eigenvalue weighted by atomic mass is 35.5. The van der Waals surface area contributed by atoms with Gasteiger partial charge in [-0.05, 0) is 29.2 Å². The molecule has 0 radical (unpaired) electrons. The Morgan fingerprint density at radius 1 is 1.03 bits per heavy atom. The van der Waals surface area contributed by atoms with Crippen LogP contribution in [0.5, 0.6) is 0 Å². The van der Waals surface area contributed by atoms with Gasteiger partial charge in [0, 0.05) is 36.7 Å². The highest BCUT2D eigenvalue weighted by molar-refractivity contribution is 6.35. The largest absolute Gasteiger partial charge is 0.338 e. The first kappa shape index (κ1) is 21.8. The van der Waals surface area contributed by atoms with Gasteiger partial charge >= 0.3 is 5.69 Å². The lowest BCUT2D eigenvalue weighted by Gasteiger charge is -2.33. The van der Waals surface area contributed by atoms with Gasteiger partial charge in [0.15, 0.2) is 11.2 Å². The zero-order valence-electron chi connectivity index (χ0n) is 18.3. The summed E-state index contributed by atoms with van der Waals surface area (Å²) in [5, 5.41) is 0.909. The molecule has 7 nitrogen and oxygen atoms in total. The maximum atomic E-state index is 13.6. The highest BCUT2D eigenvalue weighted by Gasteiger charge is 2.29. The summed E-state index contributed by atoms with van der Waals surface area (Å²) < 4.78 is 4.61. The predicted octanol–water partition coefficient (Wildman–Crippen LogP) is 3.91. The second-order valence-corrected chi connectivity index (χ2v) is 9.48. The summed E-state index contributed by atoms with van der Waals surface area (Å²) >= 11 is 12.3. The van der Waals surface area contributed by atoms with E-state index in [4.69, 9.17) is 28.2 Å². The summed E-state index contributed by atoms with van der Waals surface area (Å²) in [5.74, 6) is 1.02. The lowest BCUT2D eigenvalue weighted by atomic mass is 10.1. The smallest absolute Gasteiger partial charge is 0.332 e. The van der Waals surface area contributed by atoms with E-state index in [2.05, 4.69) is 24.0 Å². The molecule has 9 heteroatoms. The molecule has 4 aromatic rings. The van der Waals surface area contributed by atoms with E-state index in [0.29, 0.717) is 51.7 Å². The van der Waals surface area contributed by atoms with Crippen molar-refractivity contribution in [2.24, 2.45) is 13.0 Å². The molecule has 0 bridgehead atoms. The fourth-order valence-electron chi connectivity index (χ4n) is 4.50. The van der Waals surface area contributed by atoms with Gasteiger partial charge in [0.1, 0.15) is 0 Å². The minimum Gasteiger partial charge on any atom is -0.338 e. The molecular weight excluding hydrogens is 461 g/mol. The van der Waals surface area contributed by atoms with Crippen LogP contribution in [0.4, 0.5) is 5.95 Å². The first-order valence-corrected chi connectivity index (χ1v) is 11.5. The molecule has 0 N–H and O–H groups in total. The fourth-order valence-corrected chi connectivity index (χ4v) is 4.97. The fraction of sp³-hybridized carbons (Fsp3) is 0.292. The molecule has 0 aliphatic carbocycles. The summed E-state index contributed by atoms with van der Waals surface area (Å²) in [6, 6.07) is 15.2. The molecule has 1 unspecified atom stereocenters. The topological polar surface area (TPSA) is 65.1 Å². The molecule has 0 saturated carbocycles. The van der Waals surface area contributed by atoms with Gasteiger partial charge in [-0.2, -0.15) is 4.98 Å². The lowest BCUT2D eigenvalue weighted by molar-refractivity contribution is 0.435. The SMILES string of the molecule is CC1CN(Cc2ccccc2)c2nc3c(c(=O)n(Cc4ccc(Cl)cc4Cl)c(=O)n3C)n2C1. The first-order valence-electron chi connectivity index (χ1n) is 10.8. The van der Waals surface area contributed by atoms with Gasteiger partial charge in [-0.3, -0.25) is 13.9 Å². The van der Waals surface area contributed by atoms with Crippen LogP contribution in [0.15, 0.2) is 58.1 Å². The Labute approximate surface area is 200 Å². The van der Waals surface area contributed by atoms with E-state index < -0.39 is 5.69 Å². The Bertz CT molecular complexity index is 1470. The second-order valence-electron chi connectivity index (χ2n) is 8.63. The minimum absolute atomic E-state index is 0.0568. The lowest BCUT2D eigenvalue weighted by Crippen LogP contribution is -2.41. The molecule has 0 saturated heterocycles.